The number of nitro groups is 1. The molecule has 3 rings (SSSR count). The molecule has 0 fully saturated rings. The summed E-state index contributed by atoms with van der Waals surface area (Å²) in [5.74, 6) is 1.02. The van der Waals surface area contributed by atoms with Crippen molar-refractivity contribution in [3.8, 4) is 5.75 Å². The number of ether oxygens (including phenoxy) is 1. The van der Waals surface area contributed by atoms with E-state index in [1.807, 2.05) is 54.6 Å². The first-order valence-electron chi connectivity index (χ1n) is 13.0. The van der Waals surface area contributed by atoms with E-state index in [1.54, 1.807) is 24.1 Å². The van der Waals surface area contributed by atoms with Crippen molar-refractivity contribution in [1.82, 2.24) is 10.2 Å². The number of unbranched alkanes of at least 4 members (excludes halogenated alkanes) is 1. The number of carbonyl (C=O) groups is 2. The maximum absolute atomic E-state index is 13.7. The Hall–Kier alpha value is -3.85. The van der Waals surface area contributed by atoms with E-state index >= 15 is 0 Å². The molecule has 8 nitrogen and oxygen atoms in total. The first kappa shape index (κ1) is 29.7. The smallest absolute Gasteiger partial charge is 0.269 e. The number of hydrogen-bond acceptors (Lipinski definition) is 6. The van der Waals surface area contributed by atoms with Crippen LogP contribution in [0.15, 0.2) is 78.9 Å². The van der Waals surface area contributed by atoms with E-state index in [2.05, 4.69) is 12.2 Å². The van der Waals surface area contributed by atoms with E-state index in [4.69, 9.17) is 4.74 Å². The van der Waals surface area contributed by atoms with Crippen molar-refractivity contribution < 1.29 is 19.2 Å². The van der Waals surface area contributed by atoms with E-state index in [0.717, 1.165) is 29.5 Å². The zero-order chi connectivity index (χ0) is 28.0. The molecule has 39 heavy (non-hydrogen) atoms. The van der Waals surface area contributed by atoms with Gasteiger partial charge in [-0.25, -0.2) is 0 Å². The van der Waals surface area contributed by atoms with Crippen LogP contribution in [0.3, 0.4) is 0 Å². The summed E-state index contributed by atoms with van der Waals surface area (Å²) in [4.78, 5) is 39.3. The number of methoxy groups -OCH3 is 1. The fourth-order valence-corrected chi connectivity index (χ4v) is 4.95. The molecule has 0 saturated carbocycles. The molecular weight excluding hydrogens is 514 g/mol. The van der Waals surface area contributed by atoms with E-state index in [1.165, 1.54) is 23.9 Å². The van der Waals surface area contributed by atoms with Crippen molar-refractivity contribution in [2.75, 3.05) is 19.4 Å². The molecule has 0 saturated heterocycles. The van der Waals surface area contributed by atoms with Crippen LogP contribution in [-0.2, 0) is 28.3 Å². The number of nitro benzene ring substituents is 1. The second kappa shape index (κ2) is 15.5. The summed E-state index contributed by atoms with van der Waals surface area (Å²) in [6, 6.07) is 22.8. The molecule has 9 heteroatoms. The van der Waals surface area contributed by atoms with Gasteiger partial charge in [-0.3, -0.25) is 19.7 Å². The summed E-state index contributed by atoms with van der Waals surface area (Å²) in [5.41, 5.74) is 2.75. The van der Waals surface area contributed by atoms with Crippen molar-refractivity contribution in [2.45, 2.75) is 44.5 Å². The molecule has 0 bridgehead atoms. The number of rotatable bonds is 15. The fourth-order valence-electron chi connectivity index (χ4n) is 4.08. The molecule has 0 unspecified atom stereocenters. The third-order valence-electron chi connectivity index (χ3n) is 6.23. The van der Waals surface area contributed by atoms with Gasteiger partial charge in [0, 0.05) is 37.4 Å². The molecule has 206 valence electrons. The number of hydrogen-bond donors (Lipinski definition) is 1. The van der Waals surface area contributed by atoms with Crippen molar-refractivity contribution in [3.63, 3.8) is 0 Å². The summed E-state index contributed by atoms with van der Waals surface area (Å²) < 4.78 is 5.37. The molecule has 0 heterocycles. The minimum absolute atomic E-state index is 0.0297. The fraction of sp³-hybridized carbons (Fsp3) is 0.333. The zero-order valence-electron chi connectivity index (χ0n) is 22.4. The Morgan fingerprint density at radius 1 is 1.00 bits per heavy atom. The Labute approximate surface area is 233 Å². The third-order valence-corrected chi connectivity index (χ3v) is 7.22. The number of non-ortho nitro benzene ring substituents is 1. The van der Waals surface area contributed by atoms with Gasteiger partial charge >= 0.3 is 0 Å². The van der Waals surface area contributed by atoms with E-state index < -0.39 is 11.0 Å². The molecule has 1 N–H and O–H groups in total. The predicted octanol–water partition coefficient (Wildman–Crippen LogP) is 5.39. The SMILES string of the molecule is CCCCNC(=O)[C@H](Cc1ccccc1)N(Cc1cccc(OC)c1)C(=O)CSCc1ccc([N+](=O)[O-])cc1. The van der Waals surface area contributed by atoms with Crippen LogP contribution < -0.4 is 10.1 Å². The van der Waals surface area contributed by atoms with Gasteiger partial charge in [-0.1, -0.05) is 67.9 Å². The molecule has 0 aliphatic carbocycles. The van der Waals surface area contributed by atoms with Gasteiger partial charge in [0.25, 0.3) is 5.69 Å². The molecule has 3 aromatic rings. The Kier molecular flexibility index (Phi) is 11.8. The lowest BCUT2D eigenvalue weighted by atomic mass is 10.0. The number of carbonyl (C=O) groups excluding carboxylic acids is 2. The van der Waals surface area contributed by atoms with Crippen LogP contribution in [0, 0.1) is 10.1 Å². The van der Waals surface area contributed by atoms with E-state index in [0.29, 0.717) is 24.5 Å². The normalized spacial score (nSPS) is 11.4. The van der Waals surface area contributed by atoms with Crippen molar-refractivity contribution in [2.24, 2.45) is 0 Å². The Morgan fingerprint density at radius 2 is 1.72 bits per heavy atom. The van der Waals surface area contributed by atoms with Gasteiger partial charge in [0.15, 0.2) is 0 Å². The number of amides is 2. The lowest BCUT2D eigenvalue weighted by Gasteiger charge is -2.31. The molecule has 3 aromatic carbocycles. The quantitative estimate of drug-likeness (QED) is 0.155. The Balaban J connectivity index is 1.82. The van der Waals surface area contributed by atoms with Crippen LogP contribution in [0.2, 0.25) is 0 Å². The average molecular weight is 550 g/mol. The van der Waals surface area contributed by atoms with Gasteiger partial charge < -0.3 is 15.0 Å². The highest BCUT2D eigenvalue weighted by Gasteiger charge is 2.30. The highest BCUT2D eigenvalue weighted by Crippen LogP contribution is 2.21. The van der Waals surface area contributed by atoms with E-state index in [9.17, 15) is 19.7 Å². The van der Waals surface area contributed by atoms with Crippen LogP contribution in [-0.4, -0.2) is 47.1 Å². The van der Waals surface area contributed by atoms with Crippen LogP contribution in [0.5, 0.6) is 5.75 Å². The zero-order valence-corrected chi connectivity index (χ0v) is 23.2. The first-order chi connectivity index (χ1) is 18.9. The summed E-state index contributed by atoms with van der Waals surface area (Å²) in [6.45, 7) is 2.87. The topological polar surface area (TPSA) is 102 Å². The average Bonchev–Trinajstić information content (AvgIpc) is 2.95. The lowest BCUT2D eigenvalue weighted by Crippen LogP contribution is -2.51. The molecule has 0 aliphatic rings. The minimum Gasteiger partial charge on any atom is -0.497 e. The number of nitrogens with one attached hydrogen (secondary N) is 1. The summed E-state index contributed by atoms with van der Waals surface area (Å²) in [5, 5.41) is 13.9. The summed E-state index contributed by atoms with van der Waals surface area (Å²) in [7, 11) is 1.59. The standard InChI is InChI=1S/C30H35N3O5S/c1-3-4-17-31-30(35)28(19-23-9-6-5-7-10-23)32(20-25-11-8-12-27(18-25)38-2)29(34)22-39-21-24-13-15-26(16-14-24)33(36)37/h5-16,18,28H,3-4,17,19-22H2,1-2H3,(H,31,35)/t28-/m0/s1. The Bertz CT molecular complexity index is 1220. The highest BCUT2D eigenvalue weighted by atomic mass is 32.2. The van der Waals surface area contributed by atoms with Gasteiger partial charge in [-0.2, -0.15) is 0 Å². The molecule has 0 aromatic heterocycles. The van der Waals surface area contributed by atoms with Crippen molar-refractivity contribution in [3.05, 3.63) is 106 Å². The number of thioether (sulfide) groups is 1. The molecule has 1 atom stereocenters. The van der Waals surface area contributed by atoms with Gasteiger partial charge in [-0.15, -0.1) is 11.8 Å². The second-order valence-electron chi connectivity index (χ2n) is 9.14. The Morgan fingerprint density at radius 3 is 2.38 bits per heavy atom. The number of nitrogens with zero attached hydrogens (tertiary/aromatic N) is 2. The summed E-state index contributed by atoms with van der Waals surface area (Å²) in [6.07, 6.45) is 2.20. The maximum atomic E-state index is 13.7. The lowest BCUT2D eigenvalue weighted by molar-refractivity contribution is -0.384. The molecule has 2 amide bonds. The third kappa shape index (κ3) is 9.44. The molecule has 0 aliphatic heterocycles. The monoisotopic (exact) mass is 549 g/mol. The highest BCUT2D eigenvalue weighted by molar-refractivity contribution is 7.99. The van der Waals surface area contributed by atoms with E-state index in [-0.39, 0.29) is 29.8 Å². The predicted molar refractivity (Wildman–Crippen MR) is 155 cm³/mol. The van der Waals surface area contributed by atoms with Crippen molar-refractivity contribution in [1.29, 1.82) is 0 Å². The summed E-state index contributed by atoms with van der Waals surface area (Å²) >= 11 is 1.41. The van der Waals surface area contributed by atoms with Crippen LogP contribution in [0.1, 0.15) is 36.5 Å². The second-order valence-corrected chi connectivity index (χ2v) is 10.1. The first-order valence-corrected chi connectivity index (χ1v) is 14.1. The molecule has 0 radical (unpaired) electrons. The van der Waals surface area contributed by atoms with Gasteiger partial charge in [0.2, 0.25) is 11.8 Å². The van der Waals surface area contributed by atoms with Crippen LogP contribution in [0.4, 0.5) is 5.69 Å². The van der Waals surface area contributed by atoms with Crippen LogP contribution in [0.25, 0.3) is 0 Å². The minimum atomic E-state index is -0.692. The van der Waals surface area contributed by atoms with Gasteiger partial charge in [0.1, 0.15) is 11.8 Å². The largest absolute Gasteiger partial charge is 0.497 e. The van der Waals surface area contributed by atoms with Crippen LogP contribution >= 0.6 is 11.8 Å². The van der Waals surface area contributed by atoms with Gasteiger partial charge in [0.05, 0.1) is 17.8 Å². The number of benzene rings is 3. The van der Waals surface area contributed by atoms with Gasteiger partial charge in [-0.05, 0) is 35.2 Å². The maximum Gasteiger partial charge on any atom is 0.269 e. The molecular formula is C30H35N3O5S. The molecule has 0 spiro atoms. The van der Waals surface area contributed by atoms with Crippen molar-refractivity contribution >= 4 is 29.3 Å².